The zero-order valence-electron chi connectivity index (χ0n) is 19.2. The van der Waals surface area contributed by atoms with Gasteiger partial charge in [-0.05, 0) is 37.2 Å². The van der Waals surface area contributed by atoms with Gasteiger partial charge in [0.05, 0.1) is 12.0 Å². The van der Waals surface area contributed by atoms with Crippen molar-refractivity contribution >= 4 is 19.1 Å². The maximum Gasteiger partial charge on any atom is 0.475 e. The summed E-state index contributed by atoms with van der Waals surface area (Å²) >= 11 is 0. The second-order valence-corrected chi connectivity index (χ2v) is 9.28. The summed E-state index contributed by atoms with van der Waals surface area (Å²) < 4.78 is 5.29. The molecule has 0 spiro atoms. The number of aryl methyl sites for hydroxylation is 1. The highest BCUT2D eigenvalue weighted by molar-refractivity contribution is 6.43. The molecule has 0 saturated carbocycles. The molecule has 0 aromatic heterocycles. The monoisotopic (exact) mass is 441 g/mol. The normalized spacial score (nSPS) is 17.5. The molecule has 1 heterocycles. The summed E-state index contributed by atoms with van der Waals surface area (Å²) in [7, 11) is -1.76. The number of carbonyl (C=O) groups is 2. The lowest BCUT2D eigenvalue weighted by molar-refractivity contribution is -0.128. The number of nitrogens with one attached hydrogen (secondary N) is 1. The quantitative estimate of drug-likeness (QED) is 0.339. The third-order valence-corrected chi connectivity index (χ3v) is 5.21. The van der Waals surface area contributed by atoms with E-state index in [1.54, 1.807) is 11.0 Å². The number of likely N-dealkylation sites (tertiary alicyclic amines) is 1. The first-order chi connectivity index (χ1) is 15.0. The molecule has 1 aromatic rings. The van der Waals surface area contributed by atoms with Gasteiger partial charge >= 0.3 is 13.2 Å². The van der Waals surface area contributed by atoms with Gasteiger partial charge in [-0.2, -0.15) is 5.26 Å². The van der Waals surface area contributed by atoms with Crippen LogP contribution in [-0.2, 0) is 16.0 Å². The van der Waals surface area contributed by atoms with Crippen LogP contribution in [0.25, 0.3) is 0 Å². The summed E-state index contributed by atoms with van der Waals surface area (Å²) in [6, 6.07) is 9.18. The van der Waals surface area contributed by atoms with Crippen LogP contribution in [0.15, 0.2) is 35.9 Å². The van der Waals surface area contributed by atoms with Gasteiger partial charge in [0, 0.05) is 6.54 Å². The molecule has 3 N–H and O–H groups in total. The summed E-state index contributed by atoms with van der Waals surface area (Å²) in [6.07, 6.45) is 2.49. The van der Waals surface area contributed by atoms with Gasteiger partial charge < -0.3 is 25.0 Å². The highest BCUT2D eigenvalue weighted by atomic mass is 16.5. The van der Waals surface area contributed by atoms with Crippen LogP contribution < -0.4 is 5.32 Å². The van der Waals surface area contributed by atoms with E-state index in [4.69, 9.17) is 4.74 Å². The first-order valence-corrected chi connectivity index (χ1v) is 10.8. The Balaban J connectivity index is 1.95. The van der Waals surface area contributed by atoms with Crippen molar-refractivity contribution in [3.8, 4) is 6.07 Å². The predicted molar refractivity (Wildman–Crippen MR) is 121 cm³/mol. The fourth-order valence-corrected chi connectivity index (χ4v) is 3.58. The highest BCUT2D eigenvalue weighted by Crippen LogP contribution is 2.23. The summed E-state index contributed by atoms with van der Waals surface area (Å²) in [5.74, 6) is -1.30. The SMILES string of the molecule is Cc1ccc(CC(NC(=O)OC[C@H]2CCCN2C(=O)C(C#N)=CC(C)(C)C)B(O)O)cc1. The largest absolute Gasteiger partial charge is 0.475 e. The smallest absolute Gasteiger partial charge is 0.447 e. The fourth-order valence-electron chi connectivity index (χ4n) is 3.58. The Labute approximate surface area is 190 Å². The Bertz CT molecular complexity index is 871. The fraction of sp³-hybridized carbons (Fsp3) is 0.522. The lowest BCUT2D eigenvalue weighted by Gasteiger charge is -2.25. The molecule has 0 aliphatic carbocycles. The number of hydrogen-bond donors (Lipinski definition) is 3. The Morgan fingerprint density at radius 3 is 2.56 bits per heavy atom. The number of nitrogens with zero attached hydrogens (tertiary/aromatic N) is 2. The number of hydrogen-bond acceptors (Lipinski definition) is 6. The van der Waals surface area contributed by atoms with E-state index in [2.05, 4.69) is 5.32 Å². The van der Waals surface area contributed by atoms with E-state index in [1.807, 2.05) is 58.0 Å². The number of carbonyl (C=O) groups excluding carboxylic acids is 2. The van der Waals surface area contributed by atoms with Crippen molar-refractivity contribution < 1.29 is 24.4 Å². The number of ether oxygens (including phenoxy) is 1. The molecule has 32 heavy (non-hydrogen) atoms. The summed E-state index contributed by atoms with van der Waals surface area (Å²) in [4.78, 5) is 26.7. The van der Waals surface area contributed by atoms with E-state index >= 15 is 0 Å². The van der Waals surface area contributed by atoms with Crippen LogP contribution in [0, 0.1) is 23.7 Å². The van der Waals surface area contributed by atoms with Gasteiger partial charge in [0.15, 0.2) is 0 Å². The number of nitriles is 1. The Hall–Kier alpha value is -2.83. The van der Waals surface area contributed by atoms with Crippen molar-refractivity contribution in [2.24, 2.45) is 5.41 Å². The average molecular weight is 441 g/mol. The van der Waals surface area contributed by atoms with Crippen molar-refractivity contribution in [1.29, 1.82) is 5.26 Å². The van der Waals surface area contributed by atoms with Crippen molar-refractivity contribution in [2.75, 3.05) is 13.2 Å². The van der Waals surface area contributed by atoms with Crippen LogP contribution in [0.1, 0.15) is 44.7 Å². The molecular formula is C23H32BN3O5. The van der Waals surface area contributed by atoms with Gasteiger partial charge in [-0.3, -0.25) is 4.79 Å². The molecule has 1 fully saturated rings. The van der Waals surface area contributed by atoms with Crippen molar-refractivity contribution in [2.45, 2.75) is 58.9 Å². The second-order valence-electron chi connectivity index (χ2n) is 9.28. The first kappa shape index (κ1) is 25.4. The molecule has 172 valence electrons. The van der Waals surface area contributed by atoms with Gasteiger partial charge in [0.2, 0.25) is 0 Å². The molecule has 0 bridgehead atoms. The van der Waals surface area contributed by atoms with E-state index in [0.29, 0.717) is 13.0 Å². The topological polar surface area (TPSA) is 123 Å². The molecule has 2 atom stereocenters. The second kappa shape index (κ2) is 11.2. The third-order valence-electron chi connectivity index (χ3n) is 5.21. The van der Waals surface area contributed by atoms with Crippen molar-refractivity contribution in [3.63, 3.8) is 0 Å². The minimum Gasteiger partial charge on any atom is -0.447 e. The van der Waals surface area contributed by atoms with Crippen LogP contribution in [0.2, 0.25) is 0 Å². The number of rotatable bonds is 7. The maximum absolute atomic E-state index is 12.8. The third kappa shape index (κ3) is 7.70. The molecule has 8 nitrogen and oxygen atoms in total. The number of benzene rings is 1. The van der Waals surface area contributed by atoms with Crippen LogP contribution in [-0.4, -0.2) is 59.2 Å². The summed E-state index contributed by atoms with van der Waals surface area (Å²) in [5, 5.41) is 31.2. The van der Waals surface area contributed by atoms with Gasteiger partial charge in [0.25, 0.3) is 5.91 Å². The molecule has 2 amide bonds. The predicted octanol–water partition coefficient (Wildman–Crippen LogP) is 2.13. The van der Waals surface area contributed by atoms with E-state index in [9.17, 15) is 24.9 Å². The lowest BCUT2D eigenvalue weighted by Crippen LogP contribution is -2.49. The molecule has 2 rings (SSSR count). The number of alkyl carbamates (subject to hydrolysis) is 1. The lowest BCUT2D eigenvalue weighted by atomic mass is 9.76. The van der Waals surface area contributed by atoms with Gasteiger partial charge in [0.1, 0.15) is 18.2 Å². The highest BCUT2D eigenvalue weighted by Gasteiger charge is 2.33. The van der Waals surface area contributed by atoms with E-state index < -0.39 is 19.2 Å². The Morgan fingerprint density at radius 1 is 1.34 bits per heavy atom. The van der Waals surface area contributed by atoms with E-state index in [1.165, 1.54) is 0 Å². The van der Waals surface area contributed by atoms with Crippen LogP contribution >= 0.6 is 0 Å². The summed E-state index contributed by atoms with van der Waals surface area (Å²) in [6.45, 7) is 8.14. The molecule has 1 aliphatic heterocycles. The molecule has 1 aliphatic rings. The van der Waals surface area contributed by atoms with Crippen molar-refractivity contribution in [3.05, 3.63) is 47.0 Å². The summed E-state index contributed by atoms with van der Waals surface area (Å²) in [5.41, 5.74) is 1.69. The number of allylic oxidation sites excluding steroid dienone is 1. The van der Waals surface area contributed by atoms with Crippen molar-refractivity contribution in [1.82, 2.24) is 10.2 Å². The Morgan fingerprint density at radius 2 is 2.00 bits per heavy atom. The average Bonchev–Trinajstić information content (AvgIpc) is 3.19. The number of amides is 2. The molecule has 9 heteroatoms. The molecule has 1 saturated heterocycles. The van der Waals surface area contributed by atoms with Crippen LogP contribution in [0.3, 0.4) is 0 Å². The minimum atomic E-state index is -1.76. The van der Waals surface area contributed by atoms with Crippen LogP contribution in [0.4, 0.5) is 4.79 Å². The van der Waals surface area contributed by atoms with E-state index in [0.717, 1.165) is 17.5 Å². The zero-order chi connectivity index (χ0) is 23.9. The standard InChI is InChI=1S/C23H32BN3O5/c1-16-7-9-17(10-8-16)12-20(24(30)31)26-22(29)32-15-19-6-5-11-27(19)21(28)18(14-25)13-23(2,3)4/h7-10,13,19-20,30-31H,5-6,11-12,15H2,1-4H3,(H,26,29)/t19-,20?/m1/s1. The zero-order valence-corrected chi connectivity index (χ0v) is 19.2. The Kier molecular flexibility index (Phi) is 8.87. The maximum atomic E-state index is 12.8. The first-order valence-electron chi connectivity index (χ1n) is 10.8. The van der Waals surface area contributed by atoms with Gasteiger partial charge in [-0.1, -0.05) is 56.7 Å². The molecule has 1 aromatic carbocycles. The van der Waals surface area contributed by atoms with Crippen LogP contribution in [0.5, 0.6) is 0 Å². The molecule has 1 unspecified atom stereocenters. The minimum absolute atomic E-state index is 0.0371. The van der Waals surface area contributed by atoms with E-state index in [-0.39, 0.29) is 36.0 Å². The van der Waals surface area contributed by atoms with Gasteiger partial charge in [-0.25, -0.2) is 4.79 Å². The molecular weight excluding hydrogens is 409 g/mol. The molecule has 0 radical (unpaired) electrons. The van der Waals surface area contributed by atoms with Gasteiger partial charge in [-0.15, -0.1) is 0 Å².